The fraction of sp³-hybridized carbons (Fsp3) is 0.667. The number of nitrogens with zero attached hydrogens (tertiary/aromatic N) is 2. The molecule has 0 unspecified atom stereocenters. The first-order valence-corrected chi connectivity index (χ1v) is 5.79. The maximum Gasteiger partial charge on any atom is 0.220 e. The zero-order valence-electron chi connectivity index (χ0n) is 10.4. The fourth-order valence-corrected chi connectivity index (χ4v) is 2.39. The highest BCUT2D eigenvalue weighted by Gasteiger charge is 2.34. The zero-order chi connectivity index (χ0) is 11.9. The Balaban J connectivity index is 2.28. The minimum absolute atomic E-state index is 0.139. The average molecular weight is 221 g/mol. The van der Waals surface area contributed by atoms with Crippen molar-refractivity contribution in [3.05, 3.63) is 17.2 Å². The molecule has 1 aromatic heterocycles. The summed E-state index contributed by atoms with van der Waals surface area (Å²) in [4.78, 5) is 21.3. The number of likely N-dealkylation sites (tertiary alicyclic amines) is 1. The topological polar surface area (TPSA) is 49.0 Å². The Morgan fingerprint density at radius 1 is 1.50 bits per heavy atom. The van der Waals surface area contributed by atoms with Crippen LogP contribution < -0.4 is 0 Å². The van der Waals surface area contributed by atoms with Gasteiger partial charge < -0.3 is 9.88 Å². The molecule has 4 nitrogen and oxygen atoms in total. The molecular formula is C12H19N3O. The van der Waals surface area contributed by atoms with Crippen LogP contribution in [0.25, 0.3) is 0 Å². The molecule has 16 heavy (non-hydrogen) atoms. The molecule has 1 aliphatic rings. The number of aromatic nitrogens is 2. The van der Waals surface area contributed by atoms with Gasteiger partial charge in [-0.25, -0.2) is 4.98 Å². The van der Waals surface area contributed by atoms with Gasteiger partial charge in [-0.2, -0.15) is 0 Å². The molecule has 0 saturated carbocycles. The van der Waals surface area contributed by atoms with Crippen molar-refractivity contribution >= 4 is 5.91 Å². The van der Waals surface area contributed by atoms with Gasteiger partial charge in [0.05, 0.1) is 11.7 Å². The van der Waals surface area contributed by atoms with Crippen molar-refractivity contribution in [2.75, 3.05) is 6.54 Å². The first-order valence-electron chi connectivity index (χ1n) is 5.79. The van der Waals surface area contributed by atoms with Crippen molar-refractivity contribution in [3.63, 3.8) is 0 Å². The molecule has 1 amide bonds. The molecule has 1 fully saturated rings. The molecular weight excluding hydrogens is 202 g/mol. The lowest BCUT2D eigenvalue weighted by Crippen LogP contribution is -2.29. The van der Waals surface area contributed by atoms with E-state index in [4.69, 9.17) is 0 Å². The number of imidazole rings is 1. The van der Waals surface area contributed by atoms with Gasteiger partial charge in [0.2, 0.25) is 5.91 Å². The first kappa shape index (κ1) is 11.2. The van der Waals surface area contributed by atoms with E-state index in [2.05, 4.69) is 16.9 Å². The molecule has 2 heterocycles. The number of nitrogens with one attached hydrogen (secondary N) is 1. The summed E-state index contributed by atoms with van der Waals surface area (Å²) >= 11 is 0. The van der Waals surface area contributed by atoms with Crippen LogP contribution in [0.2, 0.25) is 0 Å². The third-order valence-electron chi connectivity index (χ3n) is 3.38. The standard InChI is InChI=1S/C12H19N3O/c1-7-5-11(15(6-7)10(4)16)12-13-8(2)9(3)14-12/h7,11H,5-6H2,1-4H3,(H,13,14)/t7-,11-/m0/s1. The van der Waals surface area contributed by atoms with E-state index < -0.39 is 0 Å². The van der Waals surface area contributed by atoms with E-state index in [-0.39, 0.29) is 11.9 Å². The monoisotopic (exact) mass is 221 g/mol. The summed E-state index contributed by atoms with van der Waals surface area (Å²) in [6, 6.07) is 0.139. The number of hydrogen-bond acceptors (Lipinski definition) is 2. The van der Waals surface area contributed by atoms with Crippen LogP contribution in [0.1, 0.15) is 43.5 Å². The van der Waals surface area contributed by atoms with Gasteiger partial charge >= 0.3 is 0 Å². The lowest BCUT2D eigenvalue weighted by atomic mass is 10.1. The maximum atomic E-state index is 11.6. The van der Waals surface area contributed by atoms with Gasteiger partial charge in [-0.15, -0.1) is 0 Å². The maximum absolute atomic E-state index is 11.6. The van der Waals surface area contributed by atoms with Gasteiger partial charge in [-0.3, -0.25) is 4.79 Å². The summed E-state index contributed by atoms with van der Waals surface area (Å²) in [6.45, 7) is 8.67. The van der Waals surface area contributed by atoms with Crippen molar-refractivity contribution in [3.8, 4) is 0 Å². The Morgan fingerprint density at radius 2 is 2.19 bits per heavy atom. The summed E-state index contributed by atoms with van der Waals surface area (Å²) in [7, 11) is 0. The minimum Gasteiger partial charge on any atom is -0.344 e. The molecule has 0 spiro atoms. The number of carbonyl (C=O) groups is 1. The number of hydrogen-bond donors (Lipinski definition) is 1. The largest absolute Gasteiger partial charge is 0.344 e. The number of amides is 1. The Labute approximate surface area is 96.1 Å². The lowest BCUT2D eigenvalue weighted by Gasteiger charge is -2.21. The lowest BCUT2D eigenvalue weighted by molar-refractivity contribution is -0.130. The molecule has 1 saturated heterocycles. The Kier molecular flexibility index (Phi) is 2.74. The van der Waals surface area contributed by atoms with Crippen molar-refractivity contribution in [2.24, 2.45) is 5.92 Å². The predicted octanol–water partition coefficient (Wildman–Crippen LogP) is 1.96. The van der Waals surface area contributed by atoms with E-state index in [0.29, 0.717) is 5.92 Å². The van der Waals surface area contributed by atoms with E-state index in [1.54, 1.807) is 6.92 Å². The molecule has 0 bridgehead atoms. The van der Waals surface area contributed by atoms with Gasteiger partial charge in [0.1, 0.15) is 5.82 Å². The molecule has 0 aromatic carbocycles. The summed E-state index contributed by atoms with van der Waals surface area (Å²) in [5.41, 5.74) is 2.12. The smallest absolute Gasteiger partial charge is 0.220 e. The van der Waals surface area contributed by atoms with Crippen LogP contribution in [0, 0.1) is 19.8 Å². The Morgan fingerprint density at radius 3 is 2.69 bits per heavy atom. The van der Waals surface area contributed by atoms with Gasteiger partial charge in [0, 0.05) is 19.2 Å². The van der Waals surface area contributed by atoms with E-state index in [1.807, 2.05) is 18.7 Å². The van der Waals surface area contributed by atoms with Gasteiger partial charge in [0.15, 0.2) is 0 Å². The zero-order valence-corrected chi connectivity index (χ0v) is 10.4. The Hall–Kier alpha value is -1.32. The third kappa shape index (κ3) is 1.84. The number of rotatable bonds is 1. The first-order chi connectivity index (χ1) is 7.49. The molecule has 1 N–H and O–H groups in total. The minimum atomic E-state index is 0.139. The number of aryl methyl sites for hydroxylation is 2. The second-order valence-electron chi connectivity index (χ2n) is 4.86. The van der Waals surface area contributed by atoms with Gasteiger partial charge in [-0.1, -0.05) is 6.92 Å². The summed E-state index contributed by atoms with van der Waals surface area (Å²) < 4.78 is 0. The molecule has 0 radical (unpaired) electrons. The van der Waals surface area contributed by atoms with Gasteiger partial charge in [0.25, 0.3) is 0 Å². The van der Waals surface area contributed by atoms with Crippen LogP contribution in [-0.2, 0) is 4.79 Å². The molecule has 4 heteroatoms. The van der Waals surface area contributed by atoms with E-state index in [1.165, 1.54) is 0 Å². The van der Waals surface area contributed by atoms with Crippen LogP contribution in [-0.4, -0.2) is 27.3 Å². The van der Waals surface area contributed by atoms with Crippen LogP contribution in [0.4, 0.5) is 0 Å². The SMILES string of the molecule is CC(=O)N1C[C@@H](C)C[C@H]1c1nc(C)c(C)[nH]1. The van der Waals surface area contributed by atoms with Crippen molar-refractivity contribution in [2.45, 2.75) is 40.2 Å². The number of H-pyrrole nitrogens is 1. The van der Waals surface area contributed by atoms with E-state index in [9.17, 15) is 4.79 Å². The molecule has 1 aliphatic heterocycles. The van der Waals surface area contributed by atoms with Crippen LogP contribution >= 0.6 is 0 Å². The van der Waals surface area contributed by atoms with Crippen molar-refractivity contribution in [1.29, 1.82) is 0 Å². The molecule has 88 valence electrons. The summed E-state index contributed by atoms with van der Waals surface area (Å²) in [6.07, 6.45) is 1.01. The normalized spacial score (nSPS) is 25.1. The fourth-order valence-electron chi connectivity index (χ4n) is 2.39. The Bertz CT molecular complexity index is 391. The summed E-state index contributed by atoms with van der Waals surface area (Å²) in [5.74, 6) is 1.63. The predicted molar refractivity (Wildman–Crippen MR) is 62.0 cm³/mol. The van der Waals surface area contributed by atoms with E-state index >= 15 is 0 Å². The molecule has 1 aromatic rings. The van der Waals surface area contributed by atoms with Crippen LogP contribution in [0.3, 0.4) is 0 Å². The van der Waals surface area contributed by atoms with Crippen molar-refractivity contribution < 1.29 is 4.79 Å². The molecule has 2 rings (SSSR count). The van der Waals surface area contributed by atoms with Crippen LogP contribution in [0.15, 0.2) is 0 Å². The second-order valence-corrected chi connectivity index (χ2v) is 4.86. The summed E-state index contributed by atoms with van der Waals surface area (Å²) in [5, 5.41) is 0. The quantitative estimate of drug-likeness (QED) is 0.788. The highest BCUT2D eigenvalue weighted by atomic mass is 16.2. The van der Waals surface area contributed by atoms with E-state index in [0.717, 1.165) is 30.2 Å². The third-order valence-corrected chi connectivity index (χ3v) is 3.38. The second kappa shape index (κ2) is 3.92. The highest BCUT2D eigenvalue weighted by molar-refractivity contribution is 5.74. The van der Waals surface area contributed by atoms with Crippen LogP contribution in [0.5, 0.6) is 0 Å². The van der Waals surface area contributed by atoms with Gasteiger partial charge in [-0.05, 0) is 26.2 Å². The average Bonchev–Trinajstić information content (AvgIpc) is 2.71. The number of aromatic amines is 1. The van der Waals surface area contributed by atoms with Crippen molar-refractivity contribution in [1.82, 2.24) is 14.9 Å². The highest BCUT2D eigenvalue weighted by Crippen LogP contribution is 2.33. The molecule has 2 atom stereocenters. The molecule has 0 aliphatic carbocycles. The number of carbonyl (C=O) groups excluding carboxylic acids is 1.